The van der Waals surface area contributed by atoms with E-state index in [1.807, 2.05) is 53.4 Å². The molecule has 0 saturated carbocycles. The maximum absolute atomic E-state index is 13.1. The lowest BCUT2D eigenvalue weighted by Crippen LogP contribution is -2.23. The normalized spacial score (nSPS) is 17.5. The molecule has 1 atom stereocenters. The number of nitrogens with one attached hydrogen (secondary N) is 1. The molecule has 0 aromatic heterocycles. The Morgan fingerprint density at radius 3 is 2.49 bits per heavy atom. The first-order valence-corrected chi connectivity index (χ1v) is 12.0. The number of amides is 2. The second kappa shape index (κ2) is 9.42. The molecule has 35 heavy (non-hydrogen) atoms. The molecule has 9 heteroatoms. The molecule has 2 aliphatic rings. The largest absolute Gasteiger partial charge is 0.338 e. The van der Waals surface area contributed by atoms with Crippen molar-refractivity contribution in [1.29, 1.82) is 0 Å². The van der Waals surface area contributed by atoms with E-state index < -0.39 is 10.8 Å². The molecule has 1 N–H and O–H groups in total. The van der Waals surface area contributed by atoms with Crippen molar-refractivity contribution in [3.8, 4) is 0 Å². The zero-order chi connectivity index (χ0) is 24.5. The monoisotopic (exact) mass is 532 g/mol. The minimum atomic E-state index is -0.798. The van der Waals surface area contributed by atoms with Crippen LogP contribution in [-0.4, -0.2) is 33.9 Å². The number of aliphatic imine (C=N–C) groups is 1. The van der Waals surface area contributed by atoms with E-state index in [0.717, 1.165) is 28.6 Å². The number of nitrogens with zero attached hydrogens (tertiary/aromatic N) is 3. The molecule has 2 amide bonds. The van der Waals surface area contributed by atoms with Crippen molar-refractivity contribution in [3.63, 3.8) is 0 Å². The third kappa shape index (κ3) is 4.72. The van der Waals surface area contributed by atoms with E-state index in [1.165, 1.54) is 12.1 Å². The third-order valence-corrected chi connectivity index (χ3v) is 6.75. The Morgan fingerprint density at radius 2 is 1.83 bits per heavy atom. The zero-order valence-electron chi connectivity index (χ0n) is 18.6. The number of hydrogen-bond donors (Lipinski definition) is 1. The van der Waals surface area contributed by atoms with Gasteiger partial charge in [0.25, 0.3) is 5.69 Å². The number of nitro benzene ring substituents is 1. The first-order valence-electron chi connectivity index (χ1n) is 11.2. The third-order valence-electron chi connectivity index (χ3n) is 6.22. The molecule has 8 nitrogen and oxygen atoms in total. The summed E-state index contributed by atoms with van der Waals surface area (Å²) >= 11 is 3.43. The van der Waals surface area contributed by atoms with Crippen LogP contribution in [0.5, 0.6) is 0 Å². The molecule has 0 spiro atoms. The Morgan fingerprint density at radius 1 is 1.09 bits per heavy atom. The highest BCUT2D eigenvalue weighted by Crippen LogP contribution is 2.38. The number of carbonyl (C=O) groups is 2. The summed E-state index contributed by atoms with van der Waals surface area (Å²) in [5.74, 6) is -0.913. The van der Waals surface area contributed by atoms with E-state index in [0.29, 0.717) is 35.6 Å². The van der Waals surface area contributed by atoms with Gasteiger partial charge < -0.3 is 10.2 Å². The van der Waals surface area contributed by atoms with Crippen LogP contribution in [0.25, 0.3) is 0 Å². The number of fused-ring (bicyclic) bond motifs is 1. The van der Waals surface area contributed by atoms with Crippen LogP contribution in [0.2, 0.25) is 0 Å². The fourth-order valence-electron chi connectivity index (χ4n) is 4.46. The average molecular weight is 533 g/mol. The van der Waals surface area contributed by atoms with Gasteiger partial charge in [-0.05, 0) is 47.9 Å². The van der Waals surface area contributed by atoms with E-state index in [-0.39, 0.29) is 17.5 Å². The molecule has 176 valence electrons. The van der Waals surface area contributed by atoms with Crippen molar-refractivity contribution in [2.75, 3.05) is 11.9 Å². The quantitative estimate of drug-likeness (QED) is 0.263. The van der Waals surface area contributed by atoms with E-state index in [1.54, 1.807) is 6.07 Å². The summed E-state index contributed by atoms with van der Waals surface area (Å²) < 4.78 is 0.883. The van der Waals surface area contributed by atoms with Gasteiger partial charge in [-0.2, -0.15) is 0 Å². The van der Waals surface area contributed by atoms with Crippen molar-refractivity contribution in [2.24, 2.45) is 4.99 Å². The van der Waals surface area contributed by atoms with E-state index in [2.05, 4.69) is 21.2 Å². The molecule has 2 aliphatic heterocycles. The summed E-state index contributed by atoms with van der Waals surface area (Å²) in [4.78, 5) is 42.6. The minimum absolute atomic E-state index is 0.0822. The number of likely N-dealkylation sites (tertiary alicyclic amines) is 1. The van der Waals surface area contributed by atoms with Crippen molar-refractivity contribution < 1.29 is 14.5 Å². The van der Waals surface area contributed by atoms with Gasteiger partial charge in [0.1, 0.15) is 5.92 Å². The average Bonchev–Trinajstić information content (AvgIpc) is 3.40. The van der Waals surface area contributed by atoms with Crippen LogP contribution in [0.15, 0.2) is 76.2 Å². The summed E-state index contributed by atoms with van der Waals surface area (Å²) in [6, 6.07) is 19.4. The number of carbonyl (C=O) groups excluding carboxylic acids is 2. The number of rotatable bonds is 6. The Balaban J connectivity index is 1.53. The fraction of sp³-hybridized carbons (Fsp3) is 0.192. The predicted octanol–water partition coefficient (Wildman–Crippen LogP) is 5.34. The second-order valence-electron chi connectivity index (χ2n) is 8.54. The van der Waals surface area contributed by atoms with Gasteiger partial charge in [0.15, 0.2) is 0 Å². The van der Waals surface area contributed by atoms with Gasteiger partial charge in [-0.1, -0.05) is 40.2 Å². The highest BCUT2D eigenvalue weighted by molar-refractivity contribution is 9.10. The molecule has 1 saturated heterocycles. The van der Waals surface area contributed by atoms with Gasteiger partial charge in [0.05, 0.1) is 16.3 Å². The summed E-state index contributed by atoms with van der Waals surface area (Å²) in [5.41, 5.74) is 3.86. The van der Waals surface area contributed by atoms with Gasteiger partial charge in [-0.3, -0.25) is 24.7 Å². The summed E-state index contributed by atoms with van der Waals surface area (Å²) in [6.45, 7) is 1.33. The molecule has 1 fully saturated rings. The molecule has 0 aliphatic carbocycles. The topological polar surface area (TPSA) is 105 Å². The van der Waals surface area contributed by atoms with Crippen molar-refractivity contribution >= 4 is 50.5 Å². The highest BCUT2D eigenvalue weighted by Gasteiger charge is 2.36. The molecule has 2 heterocycles. The number of hydrogen-bond acceptors (Lipinski definition) is 5. The zero-order valence-corrected chi connectivity index (χ0v) is 20.2. The summed E-state index contributed by atoms with van der Waals surface area (Å²) in [7, 11) is 0. The number of non-ortho nitro benzene ring substituents is 1. The Labute approximate surface area is 210 Å². The standard InChI is InChI=1S/C26H21BrN4O4/c27-18-7-5-17(6-8-18)25(24-21-14-20(31(34)35)11-12-22(21)29-26(24)33)28-19-9-3-16(4-10-19)15-30-13-1-2-23(30)32/h3-12,14,24H,1-2,13,15H2,(H,29,33). The summed E-state index contributed by atoms with van der Waals surface area (Å²) in [5, 5.41) is 14.2. The van der Waals surface area contributed by atoms with Gasteiger partial charge in [-0.15, -0.1) is 0 Å². The van der Waals surface area contributed by atoms with Crippen LogP contribution >= 0.6 is 15.9 Å². The van der Waals surface area contributed by atoms with E-state index >= 15 is 0 Å². The van der Waals surface area contributed by atoms with Gasteiger partial charge >= 0.3 is 0 Å². The number of nitro groups is 1. The minimum Gasteiger partial charge on any atom is -0.338 e. The molecular formula is C26H21BrN4O4. The Hall–Kier alpha value is -3.85. The van der Waals surface area contributed by atoms with Crippen LogP contribution in [0.1, 0.15) is 35.4 Å². The van der Waals surface area contributed by atoms with Gasteiger partial charge in [0, 0.05) is 47.4 Å². The van der Waals surface area contributed by atoms with Gasteiger partial charge in [-0.25, -0.2) is 0 Å². The molecule has 0 bridgehead atoms. The van der Waals surface area contributed by atoms with Crippen LogP contribution < -0.4 is 5.32 Å². The Bertz CT molecular complexity index is 1350. The number of anilines is 1. The molecular weight excluding hydrogens is 512 g/mol. The number of halogens is 1. The van der Waals surface area contributed by atoms with Gasteiger partial charge in [0.2, 0.25) is 11.8 Å². The maximum Gasteiger partial charge on any atom is 0.269 e. The lowest BCUT2D eigenvalue weighted by atomic mass is 9.90. The lowest BCUT2D eigenvalue weighted by molar-refractivity contribution is -0.384. The maximum atomic E-state index is 13.1. The number of benzene rings is 3. The lowest BCUT2D eigenvalue weighted by Gasteiger charge is -2.16. The molecule has 3 aromatic rings. The molecule has 0 radical (unpaired) electrons. The molecule has 3 aromatic carbocycles. The molecule has 1 unspecified atom stereocenters. The van der Waals surface area contributed by atoms with Crippen molar-refractivity contribution in [1.82, 2.24) is 4.90 Å². The van der Waals surface area contributed by atoms with E-state index in [4.69, 9.17) is 4.99 Å². The van der Waals surface area contributed by atoms with Crippen LogP contribution in [0.3, 0.4) is 0 Å². The first kappa shape index (κ1) is 22.9. The highest BCUT2D eigenvalue weighted by atomic mass is 79.9. The SMILES string of the molecule is O=C1Nc2ccc([N+](=O)[O-])cc2C1C(=Nc1ccc(CN2CCCC2=O)cc1)c1ccc(Br)cc1. The van der Waals surface area contributed by atoms with Crippen molar-refractivity contribution in [3.05, 3.63) is 98.0 Å². The smallest absolute Gasteiger partial charge is 0.269 e. The van der Waals surface area contributed by atoms with Crippen LogP contribution in [0, 0.1) is 10.1 Å². The van der Waals surface area contributed by atoms with E-state index in [9.17, 15) is 19.7 Å². The summed E-state index contributed by atoms with van der Waals surface area (Å²) in [6.07, 6.45) is 1.49. The second-order valence-corrected chi connectivity index (χ2v) is 9.46. The van der Waals surface area contributed by atoms with Crippen LogP contribution in [0.4, 0.5) is 17.1 Å². The predicted molar refractivity (Wildman–Crippen MR) is 136 cm³/mol. The van der Waals surface area contributed by atoms with Crippen LogP contribution in [-0.2, 0) is 16.1 Å². The van der Waals surface area contributed by atoms with Crippen molar-refractivity contribution in [2.45, 2.75) is 25.3 Å². The molecule has 5 rings (SSSR count). The first-order chi connectivity index (χ1) is 16.9. The Kier molecular flexibility index (Phi) is 6.17. The fourth-order valence-corrected chi connectivity index (χ4v) is 4.72.